The van der Waals surface area contributed by atoms with Crippen LogP contribution >= 0.6 is 11.3 Å². The van der Waals surface area contributed by atoms with Gasteiger partial charge in [-0.25, -0.2) is 4.68 Å². The minimum atomic E-state index is -0.0740. The number of hydrogen-bond acceptors (Lipinski definition) is 6. The molecule has 0 aliphatic rings. The van der Waals surface area contributed by atoms with Crippen LogP contribution in [0.2, 0.25) is 0 Å². The Kier molecular flexibility index (Phi) is 6.41. The normalized spacial score (nSPS) is 11.0. The van der Waals surface area contributed by atoms with Crippen LogP contribution in [-0.4, -0.2) is 40.9 Å². The summed E-state index contributed by atoms with van der Waals surface area (Å²) in [5.41, 5.74) is 4.84. The third-order valence-corrected chi connectivity index (χ3v) is 6.35. The SMILES string of the molecule is CCOc1ccccc1CNC(=O)CN(C)c1nc2c(s1)c(C)nn2-c1cccc(C)c1. The van der Waals surface area contributed by atoms with Crippen molar-refractivity contribution in [1.82, 2.24) is 20.1 Å². The van der Waals surface area contributed by atoms with Gasteiger partial charge in [0.25, 0.3) is 0 Å². The minimum absolute atomic E-state index is 0.0740. The van der Waals surface area contributed by atoms with Gasteiger partial charge in [-0.1, -0.05) is 41.7 Å². The van der Waals surface area contributed by atoms with Gasteiger partial charge in [0.2, 0.25) is 5.91 Å². The van der Waals surface area contributed by atoms with Crippen molar-refractivity contribution >= 4 is 32.7 Å². The lowest BCUT2D eigenvalue weighted by molar-refractivity contribution is -0.119. The van der Waals surface area contributed by atoms with Crippen molar-refractivity contribution in [2.45, 2.75) is 27.3 Å². The molecule has 0 bridgehead atoms. The van der Waals surface area contributed by atoms with Crippen molar-refractivity contribution in [2.24, 2.45) is 0 Å². The van der Waals surface area contributed by atoms with E-state index in [9.17, 15) is 4.79 Å². The number of rotatable bonds is 8. The van der Waals surface area contributed by atoms with Gasteiger partial charge in [-0.15, -0.1) is 0 Å². The van der Waals surface area contributed by atoms with Gasteiger partial charge in [0.15, 0.2) is 10.8 Å². The number of anilines is 1. The third-order valence-electron chi connectivity index (χ3n) is 5.08. The van der Waals surface area contributed by atoms with Gasteiger partial charge in [0.1, 0.15) is 5.75 Å². The maximum atomic E-state index is 12.6. The molecule has 8 heteroatoms. The molecule has 0 radical (unpaired) electrons. The highest BCUT2D eigenvalue weighted by Gasteiger charge is 2.18. The molecule has 2 aromatic heterocycles. The fraction of sp³-hybridized carbons (Fsp3) is 0.292. The fourth-order valence-corrected chi connectivity index (χ4v) is 4.45. The molecule has 0 spiro atoms. The number of benzene rings is 2. The average molecular weight is 450 g/mol. The Morgan fingerprint density at radius 1 is 1.19 bits per heavy atom. The first-order valence-electron chi connectivity index (χ1n) is 10.6. The smallest absolute Gasteiger partial charge is 0.239 e. The highest BCUT2D eigenvalue weighted by Crippen LogP contribution is 2.32. The summed E-state index contributed by atoms with van der Waals surface area (Å²) >= 11 is 1.55. The van der Waals surface area contributed by atoms with Crippen LogP contribution in [0, 0.1) is 13.8 Å². The maximum absolute atomic E-state index is 12.6. The number of nitrogens with one attached hydrogen (secondary N) is 1. The zero-order valence-corrected chi connectivity index (χ0v) is 19.6. The Labute approximate surface area is 191 Å². The zero-order valence-electron chi connectivity index (χ0n) is 18.8. The lowest BCUT2D eigenvalue weighted by atomic mass is 10.2. The lowest BCUT2D eigenvalue weighted by Gasteiger charge is -2.16. The first kappa shape index (κ1) is 21.8. The second kappa shape index (κ2) is 9.40. The monoisotopic (exact) mass is 449 g/mol. The fourth-order valence-electron chi connectivity index (χ4n) is 3.51. The lowest BCUT2D eigenvalue weighted by Crippen LogP contribution is -2.34. The molecule has 4 aromatic rings. The largest absolute Gasteiger partial charge is 0.494 e. The van der Waals surface area contributed by atoms with E-state index in [-0.39, 0.29) is 12.5 Å². The summed E-state index contributed by atoms with van der Waals surface area (Å²) in [7, 11) is 1.88. The second-order valence-corrected chi connectivity index (χ2v) is 8.64. The Morgan fingerprint density at radius 2 is 2.00 bits per heavy atom. The van der Waals surface area contributed by atoms with Crippen molar-refractivity contribution in [3.63, 3.8) is 0 Å². The number of amides is 1. The van der Waals surface area contributed by atoms with Crippen LogP contribution in [0.5, 0.6) is 5.75 Å². The molecule has 0 aliphatic carbocycles. The molecule has 4 rings (SSSR count). The van der Waals surface area contributed by atoms with Crippen molar-refractivity contribution in [3.05, 3.63) is 65.4 Å². The van der Waals surface area contributed by atoms with Crippen LogP contribution < -0.4 is 15.0 Å². The van der Waals surface area contributed by atoms with E-state index in [0.717, 1.165) is 38.2 Å². The molecule has 7 nitrogen and oxygen atoms in total. The van der Waals surface area contributed by atoms with Crippen LogP contribution in [0.25, 0.3) is 16.0 Å². The standard InChI is InChI=1S/C24H27N5O2S/c1-5-31-20-12-7-6-10-18(20)14-25-21(30)15-28(4)24-26-23-22(32-24)17(3)27-29(23)19-11-8-9-16(2)13-19/h6-13H,5,14-15H2,1-4H3,(H,25,30). The predicted molar refractivity (Wildman–Crippen MR) is 129 cm³/mol. The average Bonchev–Trinajstić information content (AvgIpc) is 3.34. The first-order chi connectivity index (χ1) is 15.5. The number of carbonyl (C=O) groups is 1. The third kappa shape index (κ3) is 4.60. The molecular formula is C24H27N5O2S. The van der Waals surface area contributed by atoms with Crippen LogP contribution in [0.3, 0.4) is 0 Å². The molecule has 1 amide bonds. The van der Waals surface area contributed by atoms with Crippen LogP contribution in [0.4, 0.5) is 5.13 Å². The number of para-hydroxylation sites is 1. The summed E-state index contributed by atoms with van der Waals surface area (Å²) in [6, 6.07) is 15.9. The maximum Gasteiger partial charge on any atom is 0.239 e. The zero-order chi connectivity index (χ0) is 22.7. The number of hydrogen-bond donors (Lipinski definition) is 1. The number of aromatic nitrogens is 3. The van der Waals surface area contributed by atoms with E-state index in [2.05, 4.69) is 29.5 Å². The minimum Gasteiger partial charge on any atom is -0.494 e. The Morgan fingerprint density at radius 3 is 2.78 bits per heavy atom. The molecule has 0 fully saturated rings. The van der Waals surface area contributed by atoms with Gasteiger partial charge in [-0.05, 0) is 44.5 Å². The van der Waals surface area contributed by atoms with Crippen molar-refractivity contribution < 1.29 is 9.53 Å². The van der Waals surface area contributed by atoms with E-state index in [0.29, 0.717) is 13.2 Å². The highest BCUT2D eigenvalue weighted by atomic mass is 32.1. The predicted octanol–water partition coefficient (Wildman–Crippen LogP) is 4.25. The molecule has 0 unspecified atom stereocenters. The Bertz CT molecular complexity index is 1250. The summed E-state index contributed by atoms with van der Waals surface area (Å²) in [4.78, 5) is 19.2. The molecule has 0 saturated carbocycles. The number of fused-ring (bicyclic) bond motifs is 1. The highest BCUT2D eigenvalue weighted by molar-refractivity contribution is 7.22. The second-order valence-electron chi connectivity index (χ2n) is 7.66. The Balaban J connectivity index is 1.47. The molecule has 0 saturated heterocycles. The Hall–Kier alpha value is -3.39. The molecule has 32 heavy (non-hydrogen) atoms. The van der Waals surface area contributed by atoms with E-state index in [1.165, 1.54) is 5.56 Å². The summed E-state index contributed by atoms with van der Waals surface area (Å²) in [5.74, 6) is 0.723. The first-order valence-corrected chi connectivity index (χ1v) is 11.4. The number of aryl methyl sites for hydroxylation is 2. The van der Waals surface area contributed by atoms with Crippen molar-refractivity contribution in [1.29, 1.82) is 0 Å². The molecule has 0 atom stereocenters. The van der Waals surface area contributed by atoms with Gasteiger partial charge in [-0.2, -0.15) is 10.1 Å². The van der Waals surface area contributed by atoms with E-state index < -0.39 is 0 Å². The number of nitrogens with zero attached hydrogens (tertiary/aromatic N) is 4. The summed E-state index contributed by atoms with van der Waals surface area (Å²) < 4.78 is 8.53. The van der Waals surface area contributed by atoms with Gasteiger partial charge in [-0.3, -0.25) is 4.79 Å². The van der Waals surface area contributed by atoms with Crippen LogP contribution in [0.1, 0.15) is 23.7 Å². The molecular weight excluding hydrogens is 422 g/mol. The number of ether oxygens (including phenoxy) is 1. The topological polar surface area (TPSA) is 72.3 Å². The van der Waals surface area contributed by atoms with E-state index in [4.69, 9.17) is 9.72 Å². The summed E-state index contributed by atoms with van der Waals surface area (Å²) in [6.45, 7) is 7.21. The molecule has 2 heterocycles. The van der Waals surface area contributed by atoms with E-state index >= 15 is 0 Å². The van der Waals surface area contributed by atoms with Crippen molar-refractivity contribution in [3.8, 4) is 11.4 Å². The molecule has 2 aromatic carbocycles. The number of thiazole rings is 1. The van der Waals surface area contributed by atoms with Gasteiger partial charge >= 0.3 is 0 Å². The van der Waals surface area contributed by atoms with E-state index in [1.807, 2.05) is 66.9 Å². The summed E-state index contributed by atoms with van der Waals surface area (Å²) in [6.07, 6.45) is 0. The molecule has 0 aliphatic heterocycles. The quantitative estimate of drug-likeness (QED) is 0.435. The molecule has 1 N–H and O–H groups in total. The van der Waals surface area contributed by atoms with Crippen LogP contribution in [0.15, 0.2) is 48.5 Å². The van der Waals surface area contributed by atoms with Gasteiger partial charge in [0, 0.05) is 19.2 Å². The van der Waals surface area contributed by atoms with Crippen LogP contribution in [-0.2, 0) is 11.3 Å². The van der Waals surface area contributed by atoms with E-state index in [1.54, 1.807) is 11.3 Å². The summed E-state index contributed by atoms with van der Waals surface area (Å²) in [5, 5.41) is 8.43. The van der Waals surface area contributed by atoms with Gasteiger partial charge in [0.05, 0.1) is 29.2 Å². The van der Waals surface area contributed by atoms with Gasteiger partial charge < -0.3 is 15.0 Å². The number of likely N-dealkylation sites (N-methyl/N-ethyl adjacent to an activating group) is 1. The molecule has 166 valence electrons. The number of carbonyl (C=O) groups excluding carboxylic acids is 1. The van der Waals surface area contributed by atoms with Crippen molar-refractivity contribution in [2.75, 3.05) is 25.1 Å².